The van der Waals surface area contributed by atoms with E-state index in [0.717, 1.165) is 5.56 Å². The number of para-hydroxylation sites is 1. The van der Waals surface area contributed by atoms with Gasteiger partial charge in [-0.25, -0.2) is 0 Å². The lowest BCUT2D eigenvalue weighted by molar-refractivity contribution is -0.122. The van der Waals surface area contributed by atoms with Crippen molar-refractivity contribution in [2.24, 2.45) is 0 Å². The second kappa shape index (κ2) is 11.5. The molecule has 0 aliphatic carbocycles. The van der Waals surface area contributed by atoms with Crippen LogP contribution in [-0.4, -0.2) is 36.0 Å². The van der Waals surface area contributed by atoms with Crippen LogP contribution in [-0.2, 0) is 14.4 Å². The van der Waals surface area contributed by atoms with Gasteiger partial charge in [-0.1, -0.05) is 42.0 Å². The second-order valence-electron chi connectivity index (χ2n) is 8.14. The number of nitrogens with zero attached hydrogens (tertiary/aromatic N) is 1. The minimum absolute atomic E-state index is 0.0148. The maximum atomic E-state index is 13.2. The van der Waals surface area contributed by atoms with Gasteiger partial charge in [-0.05, 0) is 74.1 Å². The number of hydrogen-bond donors (Lipinski definition) is 2. The van der Waals surface area contributed by atoms with Gasteiger partial charge < -0.3 is 14.8 Å². The molecular formula is C28H25N3O5S. The average molecular weight is 516 g/mol. The lowest BCUT2D eigenvalue weighted by Gasteiger charge is -2.28. The summed E-state index contributed by atoms with van der Waals surface area (Å²) in [5.74, 6) is -0.716. The van der Waals surface area contributed by atoms with Gasteiger partial charge in [-0.15, -0.1) is 0 Å². The zero-order chi connectivity index (χ0) is 26.4. The first-order valence-corrected chi connectivity index (χ1v) is 12.0. The van der Waals surface area contributed by atoms with Gasteiger partial charge in [0.2, 0.25) is 0 Å². The van der Waals surface area contributed by atoms with Gasteiger partial charge in [-0.3, -0.25) is 24.6 Å². The van der Waals surface area contributed by atoms with E-state index in [-0.39, 0.29) is 23.2 Å². The molecule has 9 heteroatoms. The van der Waals surface area contributed by atoms with Gasteiger partial charge in [0.05, 0.1) is 12.3 Å². The van der Waals surface area contributed by atoms with Crippen LogP contribution >= 0.6 is 12.2 Å². The monoisotopic (exact) mass is 515 g/mol. The first kappa shape index (κ1) is 25.6. The fourth-order valence-electron chi connectivity index (χ4n) is 3.61. The lowest BCUT2D eigenvalue weighted by Crippen LogP contribution is -2.54. The summed E-state index contributed by atoms with van der Waals surface area (Å²) in [6, 6.07) is 21.2. The van der Waals surface area contributed by atoms with Crippen molar-refractivity contribution in [2.45, 2.75) is 13.8 Å². The number of carbonyl (C=O) groups is 3. The molecule has 3 amide bonds. The minimum atomic E-state index is -0.590. The highest BCUT2D eigenvalue weighted by Crippen LogP contribution is 2.30. The number of aryl methyl sites for hydroxylation is 1. The number of carbonyl (C=O) groups excluding carboxylic acids is 3. The number of thiocarbonyl (C=S) groups is 1. The Kier molecular flexibility index (Phi) is 7.95. The smallest absolute Gasteiger partial charge is 0.270 e. The van der Waals surface area contributed by atoms with Crippen molar-refractivity contribution in [1.82, 2.24) is 5.32 Å². The zero-order valence-electron chi connectivity index (χ0n) is 20.3. The molecule has 1 fully saturated rings. The maximum absolute atomic E-state index is 13.2. The van der Waals surface area contributed by atoms with Gasteiger partial charge >= 0.3 is 0 Å². The van der Waals surface area contributed by atoms with E-state index in [1.807, 2.05) is 44.2 Å². The van der Waals surface area contributed by atoms with E-state index in [1.165, 1.54) is 11.0 Å². The lowest BCUT2D eigenvalue weighted by atomic mass is 10.1. The van der Waals surface area contributed by atoms with Gasteiger partial charge in [0.25, 0.3) is 17.7 Å². The minimum Gasteiger partial charge on any atom is -0.490 e. The third-order valence-corrected chi connectivity index (χ3v) is 5.67. The molecule has 8 nitrogen and oxygen atoms in total. The van der Waals surface area contributed by atoms with Crippen molar-refractivity contribution in [3.05, 3.63) is 89.5 Å². The maximum Gasteiger partial charge on any atom is 0.270 e. The van der Waals surface area contributed by atoms with Crippen molar-refractivity contribution in [2.75, 3.05) is 23.4 Å². The zero-order valence-corrected chi connectivity index (χ0v) is 21.1. The third-order valence-electron chi connectivity index (χ3n) is 5.39. The summed E-state index contributed by atoms with van der Waals surface area (Å²) < 4.78 is 11.4. The van der Waals surface area contributed by atoms with E-state index in [9.17, 15) is 14.4 Å². The van der Waals surface area contributed by atoms with Crippen LogP contribution in [0.25, 0.3) is 6.08 Å². The SMILES string of the molecule is CCOc1cc(/C=C2/C(=O)NC(=S)N(c3ccccc3)C2=O)ccc1OCC(=O)Nc1ccc(C)cc1. The Morgan fingerprint density at radius 3 is 2.43 bits per heavy atom. The summed E-state index contributed by atoms with van der Waals surface area (Å²) in [4.78, 5) is 39.4. The first-order valence-electron chi connectivity index (χ1n) is 11.6. The van der Waals surface area contributed by atoms with Crippen LogP contribution in [0.4, 0.5) is 11.4 Å². The molecule has 0 unspecified atom stereocenters. The van der Waals surface area contributed by atoms with Gasteiger partial charge in [0.15, 0.2) is 23.2 Å². The summed E-state index contributed by atoms with van der Waals surface area (Å²) in [6.45, 7) is 3.91. The molecule has 3 aromatic carbocycles. The van der Waals surface area contributed by atoms with Crippen LogP contribution in [0.1, 0.15) is 18.1 Å². The Morgan fingerprint density at radius 2 is 1.73 bits per heavy atom. The second-order valence-corrected chi connectivity index (χ2v) is 8.52. The molecule has 0 bridgehead atoms. The Balaban J connectivity index is 1.52. The average Bonchev–Trinajstić information content (AvgIpc) is 2.88. The molecule has 2 N–H and O–H groups in total. The van der Waals surface area contributed by atoms with E-state index >= 15 is 0 Å². The third kappa shape index (κ3) is 6.20. The summed E-state index contributed by atoms with van der Waals surface area (Å²) in [6.07, 6.45) is 1.46. The van der Waals surface area contributed by atoms with Crippen molar-refractivity contribution in [3.63, 3.8) is 0 Å². The first-order chi connectivity index (χ1) is 17.9. The number of hydrogen-bond acceptors (Lipinski definition) is 6. The Morgan fingerprint density at radius 1 is 1.00 bits per heavy atom. The van der Waals surface area contributed by atoms with Crippen molar-refractivity contribution < 1.29 is 23.9 Å². The highest BCUT2D eigenvalue weighted by molar-refractivity contribution is 7.80. The highest BCUT2D eigenvalue weighted by atomic mass is 32.1. The number of benzene rings is 3. The summed E-state index contributed by atoms with van der Waals surface area (Å²) in [5, 5.41) is 5.36. The fourth-order valence-corrected chi connectivity index (χ4v) is 3.90. The molecule has 3 aromatic rings. The number of amides is 3. The van der Waals surface area contributed by atoms with Crippen LogP contribution in [0.3, 0.4) is 0 Å². The molecule has 1 aliphatic rings. The molecule has 0 saturated carbocycles. The predicted octanol–water partition coefficient (Wildman–Crippen LogP) is 4.24. The van der Waals surface area contributed by atoms with Crippen molar-refractivity contribution >= 4 is 52.5 Å². The molecule has 1 aliphatic heterocycles. The number of rotatable bonds is 8. The van der Waals surface area contributed by atoms with E-state index in [0.29, 0.717) is 35.0 Å². The van der Waals surface area contributed by atoms with Crippen LogP contribution in [0.5, 0.6) is 11.5 Å². The molecule has 0 radical (unpaired) electrons. The quantitative estimate of drug-likeness (QED) is 0.265. The predicted molar refractivity (Wildman–Crippen MR) is 146 cm³/mol. The number of anilines is 2. The Hall–Kier alpha value is -4.50. The van der Waals surface area contributed by atoms with E-state index in [2.05, 4.69) is 10.6 Å². The van der Waals surface area contributed by atoms with E-state index in [1.54, 1.807) is 42.5 Å². The topological polar surface area (TPSA) is 97.0 Å². The van der Waals surface area contributed by atoms with Gasteiger partial charge in [-0.2, -0.15) is 0 Å². The van der Waals surface area contributed by atoms with Crippen LogP contribution in [0.15, 0.2) is 78.4 Å². The van der Waals surface area contributed by atoms with Crippen LogP contribution in [0.2, 0.25) is 0 Å². The normalized spacial score (nSPS) is 14.4. The van der Waals surface area contributed by atoms with Gasteiger partial charge in [0, 0.05) is 5.69 Å². The summed E-state index contributed by atoms with van der Waals surface area (Å²) >= 11 is 5.23. The molecule has 1 heterocycles. The summed E-state index contributed by atoms with van der Waals surface area (Å²) in [7, 11) is 0. The standard InChI is InChI=1S/C28H25N3O5S/c1-3-35-24-16-19(11-14-23(24)36-17-25(32)29-20-12-9-18(2)10-13-20)15-22-26(33)30-28(37)31(27(22)34)21-7-5-4-6-8-21/h4-16H,3,17H2,1-2H3,(H,29,32)(H,30,33,37)/b22-15-. The molecule has 0 aromatic heterocycles. The molecule has 37 heavy (non-hydrogen) atoms. The highest BCUT2D eigenvalue weighted by Gasteiger charge is 2.34. The molecule has 188 valence electrons. The van der Waals surface area contributed by atoms with Crippen molar-refractivity contribution in [3.8, 4) is 11.5 Å². The molecule has 4 rings (SSSR count). The Labute approximate surface area is 219 Å². The van der Waals surface area contributed by atoms with Crippen molar-refractivity contribution in [1.29, 1.82) is 0 Å². The fraction of sp³-hybridized carbons (Fsp3) is 0.143. The molecule has 0 atom stereocenters. The van der Waals surface area contributed by atoms with Gasteiger partial charge in [0.1, 0.15) is 5.57 Å². The number of nitrogens with one attached hydrogen (secondary N) is 2. The summed E-state index contributed by atoms with van der Waals surface area (Å²) in [5.41, 5.74) is 2.77. The van der Waals surface area contributed by atoms with E-state index in [4.69, 9.17) is 21.7 Å². The van der Waals surface area contributed by atoms with Crippen LogP contribution in [0, 0.1) is 6.92 Å². The largest absolute Gasteiger partial charge is 0.490 e. The Bertz CT molecular complexity index is 1370. The number of ether oxygens (including phenoxy) is 2. The van der Waals surface area contributed by atoms with Crippen LogP contribution < -0.4 is 25.0 Å². The van der Waals surface area contributed by atoms with E-state index < -0.39 is 11.8 Å². The molecule has 0 spiro atoms. The molecule has 1 saturated heterocycles. The molecular weight excluding hydrogens is 490 g/mol.